The number of ether oxygens (including phenoxy) is 3. The van der Waals surface area contributed by atoms with Crippen molar-refractivity contribution in [3.63, 3.8) is 0 Å². The number of benzene rings is 2. The molecule has 2 aliphatic rings. The number of hydrogen-bond donors (Lipinski definition) is 0. The Morgan fingerprint density at radius 1 is 0.894 bits per heavy atom. The van der Waals surface area contributed by atoms with E-state index in [-0.39, 0.29) is 17.8 Å². The zero-order valence-corrected chi connectivity index (χ0v) is 26.6. The van der Waals surface area contributed by atoms with E-state index in [0.717, 1.165) is 55.4 Å². The normalized spacial score (nSPS) is 20.4. The van der Waals surface area contributed by atoms with E-state index in [1.807, 2.05) is 43.5 Å². The van der Waals surface area contributed by atoms with Gasteiger partial charge in [-0.15, -0.1) is 0 Å². The summed E-state index contributed by atoms with van der Waals surface area (Å²) in [7, 11) is 0. The quantitative estimate of drug-likeness (QED) is 0.212. The summed E-state index contributed by atoms with van der Waals surface area (Å²) in [4.78, 5) is 26.4. The molecule has 0 amide bonds. The molecule has 0 bridgehead atoms. The lowest BCUT2D eigenvalue weighted by molar-refractivity contribution is -0.196. The lowest BCUT2D eigenvalue weighted by atomic mass is 10.2. The van der Waals surface area contributed by atoms with Gasteiger partial charge in [-0.3, -0.25) is 4.68 Å². The van der Waals surface area contributed by atoms with E-state index in [2.05, 4.69) is 61.2 Å². The summed E-state index contributed by atoms with van der Waals surface area (Å²) in [6.07, 6.45) is 9.10. The van der Waals surface area contributed by atoms with Gasteiger partial charge < -0.3 is 24.0 Å². The molecule has 0 saturated carbocycles. The summed E-state index contributed by atoms with van der Waals surface area (Å²) < 4.78 is 23.6. The van der Waals surface area contributed by atoms with Crippen LogP contribution in [0, 0.1) is 0 Å². The van der Waals surface area contributed by atoms with E-state index < -0.39 is 5.79 Å². The van der Waals surface area contributed by atoms with E-state index in [4.69, 9.17) is 14.2 Å². The first kappa shape index (κ1) is 30.6. The summed E-state index contributed by atoms with van der Waals surface area (Å²) >= 11 is 0. The highest BCUT2D eigenvalue weighted by atomic mass is 16.8. The first-order valence-corrected chi connectivity index (χ1v) is 16.1. The van der Waals surface area contributed by atoms with Crippen LogP contribution in [0.25, 0.3) is 5.69 Å². The fourth-order valence-corrected chi connectivity index (χ4v) is 5.98. The molecule has 0 spiro atoms. The molecular weight excluding hydrogens is 598 g/mol. The first-order valence-electron chi connectivity index (χ1n) is 16.1. The molecule has 2 aliphatic heterocycles. The zero-order chi connectivity index (χ0) is 32.2. The Morgan fingerprint density at radius 2 is 1.55 bits per heavy atom. The van der Waals surface area contributed by atoms with E-state index in [0.29, 0.717) is 25.6 Å². The minimum absolute atomic E-state index is 0.0701. The molecule has 5 aromatic rings. The number of piperazine rings is 1. The van der Waals surface area contributed by atoms with Crippen molar-refractivity contribution < 1.29 is 14.2 Å². The molecule has 13 heteroatoms. The third-order valence-electron chi connectivity index (χ3n) is 8.81. The molecule has 47 heavy (non-hydrogen) atoms. The van der Waals surface area contributed by atoms with Crippen LogP contribution in [0.4, 0.5) is 11.4 Å². The lowest BCUT2D eigenvalue weighted by Crippen LogP contribution is -2.46. The molecule has 3 unspecified atom stereocenters. The van der Waals surface area contributed by atoms with Crippen molar-refractivity contribution in [2.45, 2.75) is 44.7 Å². The van der Waals surface area contributed by atoms with Crippen molar-refractivity contribution in [3.8, 4) is 11.4 Å². The minimum atomic E-state index is -1.13. The average molecular weight is 638 g/mol. The Morgan fingerprint density at radius 3 is 2.19 bits per heavy atom. The van der Waals surface area contributed by atoms with Gasteiger partial charge in [0.2, 0.25) is 0 Å². The van der Waals surface area contributed by atoms with E-state index in [9.17, 15) is 4.79 Å². The SMILES string of the molecule is CCC(C)n1ncn(-c2ccc(N3CCN(c4ccc(OCC5COC(Cn6cccn6)(c6ncccn6)O5)cc4)CC3)cc2)c1=O. The van der Waals surface area contributed by atoms with Crippen LogP contribution in [0.3, 0.4) is 0 Å². The molecule has 13 nitrogen and oxygen atoms in total. The Balaban J connectivity index is 0.913. The van der Waals surface area contributed by atoms with E-state index in [1.54, 1.807) is 44.9 Å². The minimum Gasteiger partial charge on any atom is -0.491 e. The topological polar surface area (TPSA) is 118 Å². The van der Waals surface area contributed by atoms with Gasteiger partial charge in [0.15, 0.2) is 5.82 Å². The molecule has 0 N–H and O–H groups in total. The van der Waals surface area contributed by atoms with Gasteiger partial charge >= 0.3 is 5.69 Å². The zero-order valence-electron chi connectivity index (χ0n) is 26.6. The van der Waals surface area contributed by atoms with Gasteiger partial charge in [0.05, 0.1) is 18.3 Å². The molecule has 5 heterocycles. The first-order chi connectivity index (χ1) is 23.0. The molecule has 2 fully saturated rings. The van der Waals surface area contributed by atoms with Gasteiger partial charge in [0, 0.05) is 62.3 Å². The van der Waals surface area contributed by atoms with Crippen LogP contribution >= 0.6 is 0 Å². The Labute approximate surface area is 272 Å². The third-order valence-corrected chi connectivity index (χ3v) is 8.81. The van der Waals surface area contributed by atoms with Crippen LogP contribution in [0.5, 0.6) is 5.75 Å². The number of nitrogens with zero attached hydrogens (tertiary/aromatic N) is 9. The van der Waals surface area contributed by atoms with Crippen molar-refractivity contribution in [3.05, 3.63) is 108 Å². The number of aromatic nitrogens is 7. The molecule has 3 atom stereocenters. The summed E-state index contributed by atoms with van der Waals surface area (Å²) in [5, 5.41) is 8.61. The highest BCUT2D eigenvalue weighted by Gasteiger charge is 2.46. The van der Waals surface area contributed by atoms with Crippen LogP contribution in [-0.2, 0) is 21.8 Å². The molecule has 0 aliphatic carbocycles. The summed E-state index contributed by atoms with van der Waals surface area (Å²) in [5.74, 6) is 0.0959. The summed E-state index contributed by atoms with van der Waals surface area (Å²) in [5.41, 5.74) is 3.01. The van der Waals surface area contributed by atoms with Gasteiger partial charge in [-0.1, -0.05) is 6.92 Å². The maximum absolute atomic E-state index is 12.8. The largest absolute Gasteiger partial charge is 0.491 e. The molecule has 2 aromatic carbocycles. The standard InChI is InChI=1S/C34H39N9O4/c1-3-26(2)43-33(44)42(25-38-43)29-8-6-27(7-9-29)39-18-20-40(21-19-39)28-10-12-30(13-11-28)45-22-31-23-46-34(47-31,24-41-17-5-16-37-41)32-35-14-4-15-36-32/h4-17,25-26,31H,3,18-24H2,1-2H3. The smallest absolute Gasteiger partial charge is 0.350 e. The van der Waals surface area contributed by atoms with Gasteiger partial charge in [-0.05, 0) is 74.0 Å². The molecule has 2 saturated heterocycles. The summed E-state index contributed by atoms with van der Waals surface area (Å²) in [6, 6.07) is 20.0. The van der Waals surface area contributed by atoms with Crippen molar-refractivity contribution >= 4 is 11.4 Å². The highest BCUT2D eigenvalue weighted by Crippen LogP contribution is 2.34. The second-order valence-corrected chi connectivity index (χ2v) is 11.9. The second-order valence-electron chi connectivity index (χ2n) is 11.9. The van der Waals surface area contributed by atoms with Crippen molar-refractivity contribution in [2.75, 3.05) is 49.2 Å². The number of anilines is 2. The molecule has 7 rings (SSSR count). The molecular formula is C34H39N9O4. The Kier molecular flexibility index (Phi) is 8.72. The maximum Gasteiger partial charge on any atom is 0.350 e. The van der Waals surface area contributed by atoms with Crippen LogP contribution in [0.2, 0.25) is 0 Å². The predicted octanol–water partition coefficient (Wildman–Crippen LogP) is 3.67. The monoisotopic (exact) mass is 637 g/mol. The van der Waals surface area contributed by atoms with Crippen molar-refractivity contribution in [1.29, 1.82) is 0 Å². The fraction of sp³-hybridized carbons (Fsp3) is 0.382. The van der Waals surface area contributed by atoms with Crippen LogP contribution < -0.4 is 20.2 Å². The lowest BCUT2D eigenvalue weighted by Gasteiger charge is -2.37. The maximum atomic E-state index is 12.8. The second kappa shape index (κ2) is 13.4. The Hall–Kier alpha value is -5.01. The van der Waals surface area contributed by atoms with Gasteiger partial charge in [0.25, 0.3) is 5.79 Å². The van der Waals surface area contributed by atoms with Crippen LogP contribution in [0.15, 0.2) is 96.6 Å². The summed E-state index contributed by atoms with van der Waals surface area (Å²) in [6.45, 7) is 8.66. The van der Waals surface area contributed by atoms with Crippen molar-refractivity contribution in [1.82, 2.24) is 34.1 Å². The van der Waals surface area contributed by atoms with Crippen molar-refractivity contribution in [2.24, 2.45) is 0 Å². The molecule has 0 radical (unpaired) electrons. The number of hydrogen-bond acceptors (Lipinski definition) is 10. The number of rotatable bonds is 11. The van der Waals surface area contributed by atoms with Gasteiger partial charge in [-0.2, -0.15) is 10.2 Å². The average Bonchev–Trinajstić information content (AvgIpc) is 3.89. The molecule has 3 aromatic heterocycles. The van der Waals surface area contributed by atoms with Crippen LogP contribution in [0.1, 0.15) is 32.1 Å². The van der Waals surface area contributed by atoms with Gasteiger partial charge in [-0.25, -0.2) is 24.0 Å². The van der Waals surface area contributed by atoms with Gasteiger partial charge in [0.1, 0.15) is 31.3 Å². The van der Waals surface area contributed by atoms with Crippen LogP contribution in [-0.4, -0.2) is 79.6 Å². The third kappa shape index (κ3) is 6.49. The van der Waals surface area contributed by atoms with E-state index in [1.165, 1.54) is 0 Å². The highest BCUT2D eigenvalue weighted by molar-refractivity contribution is 5.54. The molecule has 244 valence electrons. The van der Waals surface area contributed by atoms with E-state index >= 15 is 0 Å². The fourth-order valence-electron chi connectivity index (χ4n) is 5.98. The predicted molar refractivity (Wildman–Crippen MR) is 176 cm³/mol. The Bertz CT molecular complexity index is 1780.